The number of nitrogens with one attached hydrogen (secondary N) is 1. The van der Waals surface area contributed by atoms with Crippen LogP contribution < -0.4 is 11.1 Å². The highest BCUT2D eigenvalue weighted by Crippen LogP contribution is 2.25. The molecule has 86 valence electrons. The molecule has 0 spiro atoms. The van der Waals surface area contributed by atoms with Gasteiger partial charge in [0.2, 0.25) is 0 Å². The van der Waals surface area contributed by atoms with Gasteiger partial charge in [-0.2, -0.15) is 0 Å². The van der Waals surface area contributed by atoms with Crippen LogP contribution in [-0.4, -0.2) is 17.6 Å². The summed E-state index contributed by atoms with van der Waals surface area (Å²) in [6, 6.07) is 2.44. The summed E-state index contributed by atoms with van der Waals surface area (Å²) >= 11 is 3.12. The summed E-state index contributed by atoms with van der Waals surface area (Å²) in [7, 11) is 0. The van der Waals surface area contributed by atoms with Gasteiger partial charge in [0.1, 0.15) is 11.4 Å². The minimum Gasteiger partial charge on any atom is -0.478 e. The maximum atomic E-state index is 13.1. The molecule has 4 nitrogen and oxygen atoms in total. The predicted molar refractivity (Wildman–Crippen MR) is 64.3 cm³/mol. The number of hydrogen-bond acceptors (Lipinski definition) is 3. The molecular weight excluding hydrogens is 279 g/mol. The molecule has 0 fully saturated rings. The van der Waals surface area contributed by atoms with Gasteiger partial charge in [-0.1, -0.05) is 22.5 Å². The third kappa shape index (κ3) is 2.73. The zero-order valence-corrected chi connectivity index (χ0v) is 9.84. The maximum absolute atomic E-state index is 13.1. The van der Waals surface area contributed by atoms with Gasteiger partial charge in [-0.25, -0.2) is 9.18 Å². The van der Waals surface area contributed by atoms with Gasteiger partial charge in [-0.05, 0) is 12.1 Å². The molecule has 16 heavy (non-hydrogen) atoms. The van der Waals surface area contributed by atoms with Crippen molar-refractivity contribution in [3.8, 4) is 0 Å². The first kappa shape index (κ1) is 12.5. The van der Waals surface area contributed by atoms with Crippen LogP contribution in [0.25, 0.3) is 0 Å². The van der Waals surface area contributed by atoms with Crippen molar-refractivity contribution in [2.75, 3.05) is 17.6 Å². The number of rotatable bonds is 4. The number of aromatic carboxylic acids is 1. The van der Waals surface area contributed by atoms with Crippen molar-refractivity contribution in [2.45, 2.75) is 0 Å². The second kappa shape index (κ2) is 4.98. The number of carboxylic acid groups (broad SMARTS) is 1. The summed E-state index contributed by atoms with van der Waals surface area (Å²) in [5.74, 6) is -2.03. The molecule has 0 radical (unpaired) electrons. The summed E-state index contributed by atoms with van der Waals surface area (Å²) in [6.45, 7) is 3.91. The molecule has 1 aromatic carbocycles. The number of benzene rings is 1. The highest BCUT2D eigenvalue weighted by atomic mass is 79.9. The van der Waals surface area contributed by atoms with Crippen LogP contribution in [0.1, 0.15) is 10.4 Å². The van der Waals surface area contributed by atoms with E-state index in [0.29, 0.717) is 11.0 Å². The SMILES string of the molecule is C=C(Br)CNc1ccc(F)c(N)c1C(=O)O. The molecule has 0 amide bonds. The van der Waals surface area contributed by atoms with E-state index in [9.17, 15) is 9.18 Å². The molecule has 0 heterocycles. The molecule has 0 bridgehead atoms. The van der Waals surface area contributed by atoms with Gasteiger partial charge >= 0.3 is 5.97 Å². The molecule has 1 aromatic rings. The standard InChI is InChI=1S/C10H10BrFN2O2/c1-5(11)4-14-7-3-2-6(12)9(13)8(7)10(15)16/h2-3,14H,1,4,13H2,(H,15,16). The lowest BCUT2D eigenvalue weighted by molar-refractivity contribution is 0.0698. The zero-order chi connectivity index (χ0) is 12.3. The summed E-state index contributed by atoms with van der Waals surface area (Å²) in [5, 5.41) is 11.7. The smallest absolute Gasteiger partial charge is 0.340 e. The first-order valence-corrected chi connectivity index (χ1v) is 5.11. The van der Waals surface area contributed by atoms with E-state index in [1.54, 1.807) is 0 Å². The second-order valence-electron chi connectivity index (χ2n) is 3.06. The monoisotopic (exact) mass is 288 g/mol. The summed E-state index contributed by atoms with van der Waals surface area (Å²) in [5.41, 5.74) is 4.97. The molecule has 0 aliphatic heterocycles. The number of nitrogen functional groups attached to an aromatic ring is 1. The van der Waals surface area contributed by atoms with Crippen LogP contribution in [0.15, 0.2) is 23.2 Å². The number of hydrogen-bond donors (Lipinski definition) is 3. The largest absolute Gasteiger partial charge is 0.478 e. The zero-order valence-electron chi connectivity index (χ0n) is 8.26. The lowest BCUT2D eigenvalue weighted by Crippen LogP contribution is -2.11. The van der Waals surface area contributed by atoms with Gasteiger partial charge in [0, 0.05) is 11.0 Å². The fraction of sp³-hybridized carbons (Fsp3) is 0.100. The minimum absolute atomic E-state index is 0.256. The molecule has 0 aliphatic rings. The number of nitrogens with two attached hydrogens (primary N) is 1. The van der Waals surface area contributed by atoms with E-state index in [1.165, 1.54) is 6.07 Å². The van der Waals surface area contributed by atoms with Crippen LogP contribution >= 0.6 is 15.9 Å². The van der Waals surface area contributed by atoms with E-state index < -0.39 is 11.8 Å². The van der Waals surface area contributed by atoms with E-state index in [0.717, 1.165) is 6.07 Å². The van der Waals surface area contributed by atoms with Gasteiger partial charge in [0.25, 0.3) is 0 Å². The van der Waals surface area contributed by atoms with E-state index in [4.69, 9.17) is 10.8 Å². The Labute approximate surface area is 100 Å². The highest BCUT2D eigenvalue weighted by molar-refractivity contribution is 9.11. The molecule has 6 heteroatoms. The minimum atomic E-state index is -1.28. The predicted octanol–water partition coefficient (Wildman–Crippen LogP) is 2.43. The third-order valence-electron chi connectivity index (χ3n) is 1.88. The molecule has 1 rings (SSSR count). The molecule has 0 aromatic heterocycles. The van der Waals surface area contributed by atoms with Crippen LogP contribution in [0.3, 0.4) is 0 Å². The molecule has 0 atom stereocenters. The Morgan fingerprint density at radius 3 is 2.75 bits per heavy atom. The first-order valence-electron chi connectivity index (χ1n) is 4.32. The van der Waals surface area contributed by atoms with Crippen molar-refractivity contribution < 1.29 is 14.3 Å². The van der Waals surface area contributed by atoms with Gasteiger partial charge in [-0.3, -0.25) is 0 Å². The van der Waals surface area contributed by atoms with Crippen molar-refractivity contribution in [1.29, 1.82) is 0 Å². The Kier molecular flexibility index (Phi) is 3.89. The van der Waals surface area contributed by atoms with Crippen LogP contribution in [0.2, 0.25) is 0 Å². The average Bonchev–Trinajstić information content (AvgIpc) is 2.19. The molecule has 0 aliphatic carbocycles. The Balaban J connectivity index is 3.13. The molecule has 0 saturated heterocycles. The number of carboxylic acids is 1. The van der Waals surface area contributed by atoms with Crippen LogP contribution in [0, 0.1) is 5.82 Å². The molecule has 0 saturated carbocycles. The van der Waals surface area contributed by atoms with E-state index in [2.05, 4.69) is 27.8 Å². The highest BCUT2D eigenvalue weighted by Gasteiger charge is 2.17. The van der Waals surface area contributed by atoms with Crippen LogP contribution in [-0.2, 0) is 0 Å². The second-order valence-corrected chi connectivity index (χ2v) is 4.18. The lowest BCUT2D eigenvalue weighted by atomic mass is 10.1. The van der Waals surface area contributed by atoms with E-state index >= 15 is 0 Å². The maximum Gasteiger partial charge on any atom is 0.340 e. The van der Waals surface area contributed by atoms with Crippen molar-refractivity contribution in [3.05, 3.63) is 34.6 Å². The first-order chi connectivity index (χ1) is 7.43. The van der Waals surface area contributed by atoms with Crippen molar-refractivity contribution in [3.63, 3.8) is 0 Å². The van der Waals surface area contributed by atoms with Crippen molar-refractivity contribution in [2.24, 2.45) is 0 Å². The molecular formula is C10H10BrFN2O2. The van der Waals surface area contributed by atoms with Crippen molar-refractivity contribution >= 4 is 33.3 Å². The Bertz CT molecular complexity index is 449. The Morgan fingerprint density at radius 1 is 1.62 bits per heavy atom. The average molecular weight is 289 g/mol. The lowest BCUT2D eigenvalue weighted by Gasteiger charge is -2.11. The Hall–Kier alpha value is -1.56. The number of halogens is 2. The van der Waals surface area contributed by atoms with E-state index in [-0.39, 0.29) is 16.9 Å². The summed E-state index contributed by atoms with van der Waals surface area (Å²) in [4.78, 5) is 10.9. The van der Waals surface area contributed by atoms with Crippen molar-refractivity contribution in [1.82, 2.24) is 0 Å². The van der Waals surface area contributed by atoms with Crippen LogP contribution in [0.5, 0.6) is 0 Å². The van der Waals surface area contributed by atoms with Crippen LogP contribution in [0.4, 0.5) is 15.8 Å². The summed E-state index contributed by atoms with van der Waals surface area (Å²) < 4.78 is 13.7. The normalized spacial score (nSPS) is 9.88. The molecule has 4 N–H and O–H groups in total. The third-order valence-corrected chi connectivity index (χ3v) is 2.16. The molecule has 0 unspecified atom stereocenters. The van der Waals surface area contributed by atoms with Gasteiger partial charge < -0.3 is 16.2 Å². The number of carbonyl (C=O) groups is 1. The van der Waals surface area contributed by atoms with E-state index in [1.807, 2.05) is 0 Å². The Morgan fingerprint density at radius 2 is 2.25 bits per heavy atom. The van der Waals surface area contributed by atoms with Gasteiger partial charge in [0.05, 0.1) is 11.4 Å². The fourth-order valence-electron chi connectivity index (χ4n) is 1.16. The quantitative estimate of drug-likeness (QED) is 0.744. The fourth-order valence-corrected chi connectivity index (χ4v) is 1.30. The van der Waals surface area contributed by atoms with Gasteiger partial charge in [0.15, 0.2) is 0 Å². The summed E-state index contributed by atoms with van der Waals surface area (Å²) in [6.07, 6.45) is 0. The number of anilines is 2. The topological polar surface area (TPSA) is 75.3 Å². The van der Waals surface area contributed by atoms with Gasteiger partial charge in [-0.15, -0.1) is 0 Å².